The molecule has 0 unspecified atom stereocenters. The number of hydrogen-bond donors (Lipinski definition) is 1. The predicted molar refractivity (Wildman–Crippen MR) is 82.2 cm³/mol. The lowest BCUT2D eigenvalue weighted by Gasteiger charge is -2.28. The van der Waals surface area contributed by atoms with Gasteiger partial charge in [-0.3, -0.25) is 4.79 Å². The quantitative estimate of drug-likeness (QED) is 0.939. The molecule has 2 aromatic carbocycles. The Hall–Kier alpha value is -2.29. The molecule has 3 nitrogen and oxygen atoms in total. The molecule has 1 N–H and O–H groups in total. The third-order valence-electron chi connectivity index (χ3n) is 3.87. The fraction of sp³-hybridized carbons (Fsp3) is 0.278. The van der Waals surface area contributed by atoms with Crippen LogP contribution in [0.1, 0.15) is 25.0 Å². The summed E-state index contributed by atoms with van der Waals surface area (Å²) in [6.45, 7) is 4.00. The van der Waals surface area contributed by atoms with Crippen molar-refractivity contribution in [2.45, 2.75) is 31.9 Å². The molecule has 3 rings (SSSR count). The van der Waals surface area contributed by atoms with E-state index in [-0.39, 0.29) is 5.91 Å². The van der Waals surface area contributed by atoms with Crippen molar-refractivity contribution in [1.29, 1.82) is 0 Å². The molecule has 21 heavy (non-hydrogen) atoms. The maximum Gasteiger partial charge on any atom is 0.262 e. The topological polar surface area (TPSA) is 38.3 Å². The van der Waals surface area contributed by atoms with Crippen molar-refractivity contribution in [3.05, 3.63) is 65.7 Å². The van der Waals surface area contributed by atoms with Crippen LogP contribution in [0.5, 0.6) is 5.75 Å². The molecule has 0 bridgehead atoms. The molecular weight excluding hydrogens is 262 g/mol. The lowest BCUT2D eigenvalue weighted by molar-refractivity contribution is -0.129. The molecule has 1 amide bonds. The van der Waals surface area contributed by atoms with E-state index < -0.39 is 11.6 Å². The van der Waals surface area contributed by atoms with Crippen molar-refractivity contribution in [2.75, 3.05) is 0 Å². The van der Waals surface area contributed by atoms with E-state index in [4.69, 9.17) is 4.74 Å². The van der Waals surface area contributed by atoms with E-state index in [1.807, 2.05) is 68.4 Å². The van der Waals surface area contributed by atoms with Gasteiger partial charge in [-0.2, -0.15) is 0 Å². The van der Waals surface area contributed by atoms with Crippen LogP contribution in [0.3, 0.4) is 0 Å². The van der Waals surface area contributed by atoms with Gasteiger partial charge in [0.25, 0.3) is 5.91 Å². The van der Waals surface area contributed by atoms with Crippen molar-refractivity contribution in [3.8, 4) is 5.75 Å². The van der Waals surface area contributed by atoms with Gasteiger partial charge in [-0.05, 0) is 31.0 Å². The summed E-state index contributed by atoms with van der Waals surface area (Å²) < 4.78 is 5.74. The zero-order valence-electron chi connectivity index (χ0n) is 12.3. The van der Waals surface area contributed by atoms with E-state index in [0.29, 0.717) is 6.42 Å². The van der Waals surface area contributed by atoms with Crippen LogP contribution in [-0.2, 0) is 16.8 Å². The Morgan fingerprint density at radius 1 is 1.10 bits per heavy atom. The monoisotopic (exact) mass is 281 g/mol. The molecule has 108 valence electrons. The van der Waals surface area contributed by atoms with Crippen molar-refractivity contribution in [3.63, 3.8) is 0 Å². The van der Waals surface area contributed by atoms with Gasteiger partial charge in [-0.15, -0.1) is 0 Å². The fourth-order valence-electron chi connectivity index (χ4n) is 2.64. The van der Waals surface area contributed by atoms with Gasteiger partial charge < -0.3 is 10.1 Å². The number of rotatable bonds is 3. The first-order valence-electron chi connectivity index (χ1n) is 7.18. The molecule has 0 spiro atoms. The van der Waals surface area contributed by atoms with Crippen LogP contribution in [-0.4, -0.2) is 12.0 Å². The van der Waals surface area contributed by atoms with Crippen LogP contribution < -0.4 is 10.1 Å². The molecule has 0 radical (unpaired) electrons. The fourth-order valence-corrected chi connectivity index (χ4v) is 2.64. The second-order valence-corrected chi connectivity index (χ2v) is 5.90. The maximum absolute atomic E-state index is 12.5. The molecule has 2 aromatic rings. The van der Waals surface area contributed by atoms with E-state index in [1.54, 1.807) is 0 Å². The normalized spacial score (nSPS) is 17.0. The SMILES string of the molecule is CC(C)(NC(=O)[C@@H]1Cc2ccccc2O1)c1ccccc1. The average molecular weight is 281 g/mol. The molecule has 1 aliphatic rings. The number of carbonyl (C=O) groups is 1. The third-order valence-corrected chi connectivity index (χ3v) is 3.87. The number of para-hydroxylation sites is 1. The van der Waals surface area contributed by atoms with Gasteiger partial charge in [0.1, 0.15) is 5.75 Å². The van der Waals surface area contributed by atoms with Gasteiger partial charge >= 0.3 is 0 Å². The summed E-state index contributed by atoms with van der Waals surface area (Å²) in [5, 5.41) is 3.09. The molecule has 0 aromatic heterocycles. The summed E-state index contributed by atoms with van der Waals surface area (Å²) in [5.74, 6) is 0.746. The highest BCUT2D eigenvalue weighted by Gasteiger charge is 2.32. The van der Waals surface area contributed by atoms with Gasteiger partial charge in [0, 0.05) is 6.42 Å². The van der Waals surface area contributed by atoms with Crippen LogP contribution in [0.2, 0.25) is 0 Å². The van der Waals surface area contributed by atoms with E-state index in [9.17, 15) is 4.79 Å². The first kappa shape index (κ1) is 13.7. The van der Waals surface area contributed by atoms with Crippen LogP contribution >= 0.6 is 0 Å². The van der Waals surface area contributed by atoms with Gasteiger partial charge in [-0.1, -0.05) is 48.5 Å². The van der Waals surface area contributed by atoms with Gasteiger partial charge in [0.05, 0.1) is 5.54 Å². The van der Waals surface area contributed by atoms with Crippen molar-refractivity contribution >= 4 is 5.91 Å². The molecule has 0 saturated heterocycles. The van der Waals surface area contributed by atoms with E-state index in [2.05, 4.69) is 5.32 Å². The molecule has 0 saturated carbocycles. The first-order valence-corrected chi connectivity index (χ1v) is 7.18. The number of nitrogens with one attached hydrogen (secondary N) is 1. The van der Waals surface area contributed by atoms with Crippen LogP contribution in [0.4, 0.5) is 0 Å². The van der Waals surface area contributed by atoms with Crippen molar-refractivity contribution in [2.24, 2.45) is 0 Å². The highest BCUT2D eigenvalue weighted by Crippen LogP contribution is 2.29. The number of fused-ring (bicyclic) bond motifs is 1. The van der Waals surface area contributed by atoms with Gasteiger partial charge in [0.15, 0.2) is 6.10 Å². The Kier molecular flexibility index (Phi) is 3.42. The van der Waals surface area contributed by atoms with E-state index >= 15 is 0 Å². The summed E-state index contributed by atoms with van der Waals surface area (Å²) in [5.41, 5.74) is 1.75. The molecule has 1 heterocycles. The molecule has 0 fully saturated rings. The molecule has 1 atom stereocenters. The second kappa shape index (κ2) is 5.24. The van der Waals surface area contributed by atoms with Crippen LogP contribution in [0, 0.1) is 0 Å². The number of benzene rings is 2. The largest absolute Gasteiger partial charge is 0.480 e. The number of amides is 1. The zero-order chi connectivity index (χ0) is 14.9. The van der Waals surface area contributed by atoms with Gasteiger partial charge in [-0.25, -0.2) is 0 Å². The number of carbonyl (C=O) groups excluding carboxylic acids is 1. The smallest absolute Gasteiger partial charge is 0.262 e. The van der Waals surface area contributed by atoms with Crippen molar-refractivity contribution < 1.29 is 9.53 Å². The molecule has 0 aliphatic carbocycles. The Labute approximate surface area is 124 Å². The minimum Gasteiger partial charge on any atom is -0.480 e. The summed E-state index contributed by atoms with van der Waals surface area (Å²) >= 11 is 0. The second-order valence-electron chi connectivity index (χ2n) is 5.90. The maximum atomic E-state index is 12.5. The highest BCUT2D eigenvalue weighted by atomic mass is 16.5. The van der Waals surface area contributed by atoms with E-state index in [0.717, 1.165) is 16.9 Å². The first-order chi connectivity index (χ1) is 10.1. The number of hydrogen-bond acceptors (Lipinski definition) is 2. The molecule has 3 heteroatoms. The Morgan fingerprint density at radius 2 is 1.76 bits per heavy atom. The summed E-state index contributed by atoms with van der Waals surface area (Å²) in [6.07, 6.45) is 0.192. The van der Waals surface area contributed by atoms with Gasteiger partial charge in [0.2, 0.25) is 0 Å². The summed E-state index contributed by atoms with van der Waals surface area (Å²) in [6, 6.07) is 17.8. The molecule has 1 aliphatic heterocycles. The van der Waals surface area contributed by atoms with E-state index in [1.165, 1.54) is 0 Å². The van der Waals surface area contributed by atoms with Crippen LogP contribution in [0.15, 0.2) is 54.6 Å². The van der Waals surface area contributed by atoms with Crippen LogP contribution in [0.25, 0.3) is 0 Å². The predicted octanol–water partition coefficient (Wildman–Crippen LogP) is 3.04. The average Bonchev–Trinajstić information content (AvgIpc) is 2.92. The summed E-state index contributed by atoms with van der Waals surface area (Å²) in [7, 11) is 0. The number of ether oxygens (including phenoxy) is 1. The minimum atomic E-state index is -0.439. The summed E-state index contributed by atoms with van der Waals surface area (Å²) in [4.78, 5) is 12.5. The lowest BCUT2D eigenvalue weighted by atomic mass is 9.94. The Balaban J connectivity index is 1.71. The highest BCUT2D eigenvalue weighted by molar-refractivity contribution is 5.83. The Morgan fingerprint density at radius 3 is 2.48 bits per heavy atom. The Bertz CT molecular complexity index is 624. The molecular formula is C18H19NO2. The standard InChI is InChI=1S/C18H19NO2/c1-18(2,14-9-4-3-5-10-14)19-17(20)16-12-13-8-6-7-11-15(13)21-16/h3-11,16H,12H2,1-2H3,(H,19,20)/t16-/m0/s1. The minimum absolute atomic E-state index is 0.0694. The third kappa shape index (κ3) is 2.77. The lowest BCUT2D eigenvalue weighted by Crippen LogP contribution is -2.47. The van der Waals surface area contributed by atoms with Crippen molar-refractivity contribution in [1.82, 2.24) is 5.32 Å². The zero-order valence-corrected chi connectivity index (χ0v) is 12.3.